The van der Waals surface area contributed by atoms with Crippen molar-refractivity contribution in [2.24, 2.45) is 0 Å². The number of phosphoric acid groups is 1. The van der Waals surface area contributed by atoms with Crippen LogP contribution in [0.15, 0.2) is 0 Å². The maximum absolute atomic E-state index is 11.5. The van der Waals surface area contributed by atoms with Crippen LogP contribution in [-0.2, 0) is 23.5 Å². The molecule has 40 heavy (non-hydrogen) atoms. The van der Waals surface area contributed by atoms with E-state index in [4.69, 9.17) is 20.2 Å². The molecule has 0 heterocycles. The number of phosphoric ester groups is 1. The average Bonchev–Trinajstić information content (AvgIpc) is 2.81. The molecule has 0 aromatic rings. The van der Waals surface area contributed by atoms with Crippen molar-refractivity contribution < 1.29 is 57.7 Å². The molecule has 0 saturated heterocycles. The van der Waals surface area contributed by atoms with E-state index in [1.165, 1.54) is 51.4 Å². The molecule has 0 aliphatic carbocycles. The maximum atomic E-state index is 11.5. The van der Waals surface area contributed by atoms with Crippen molar-refractivity contribution in [3.05, 3.63) is 0 Å². The number of unbranched alkanes of at least 4 members (excludes halogenated alkanes) is 10. The minimum absolute atomic E-state index is 0.248. The number of esters is 1. The standard InChI is InChI=1S/C17H35O8P.2C5H14NO/c1-2-3-4-5-6-7-8-9-10-11-12-13-17(18)23-14-16(25-19)15-24-26(20,21)22;2*1-6(2,3)4-5-7/h16,19H,2-15H2,1H3,(H2,20,21,22);2*7H,4-5H2,1-3H3/q;2*+1/p-2. The molecule has 3 N–H and O–H groups in total. The van der Waals surface area contributed by atoms with Gasteiger partial charge < -0.3 is 42.8 Å². The summed E-state index contributed by atoms with van der Waals surface area (Å²) in [4.78, 5) is 36.1. The molecular formula is C27H61N2O10P. The Hall–Kier alpha value is -0.660. The molecule has 12 nitrogen and oxygen atoms in total. The summed E-state index contributed by atoms with van der Waals surface area (Å²) < 4.78 is 20.8. The van der Waals surface area contributed by atoms with Crippen molar-refractivity contribution in [2.45, 2.75) is 90.1 Å². The Morgan fingerprint density at radius 2 is 1.15 bits per heavy atom. The van der Waals surface area contributed by atoms with Crippen molar-refractivity contribution in [2.75, 3.05) is 81.8 Å². The summed E-state index contributed by atoms with van der Waals surface area (Å²) in [7, 11) is 7.16. The van der Waals surface area contributed by atoms with Crippen molar-refractivity contribution >= 4 is 13.8 Å². The van der Waals surface area contributed by atoms with Crippen LogP contribution in [0.2, 0.25) is 0 Å². The van der Waals surface area contributed by atoms with E-state index in [0.717, 1.165) is 34.9 Å². The Morgan fingerprint density at radius 3 is 1.45 bits per heavy atom. The van der Waals surface area contributed by atoms with E-state index in [1.54, 1.807) is 0 Å². The molecule has 0 aliphatic heterocycles. The van der Waals surface area contributed by atoms with E-state index in [0.29, 0.717) is 6.42 Å². The fraction of sp³-hybridized carbons (Fsp3) is 0.963. The van der Waals surface area contributed by atoms with Gasteiger partial charge in [-0.1, -0.05) is 71.1 Å². The lowest BCUT2D eigenvalue weighted by Gasteiger charge is -2.29. The number of carbonyl (C=O) groups excluding carboxylic acids is 1. The third kappa shape index (κ3) is 44.4. The number of carbonyl (C=O) groups is 1. The van der Waals surface area contributed by atoms with Gasteiger partial charge in [0.25, 0.3) is 0 Å². The second-order valence-electron chi connectivity index (χ2n) is 11.9. The maximum Gasteiger partial charge on any atom is 0.305 e. The van der Waals surface area contributed by atoms with Crippen molar-refractivity contribution in [1.29, 1.82) is 0 Å². The summed E-state index contributed by atoms with van der Waals surface area (Å²) in [5.41, 5.74) is 0. The highest BCUT2D eigenvalue weighted by Crippen LogP contribution is 2.24. The van der Waals surface area contributed by atoms with Crippen LogP contribution in [0.5, 0.6) is 0 Å². The molecule has 0 aromatic heterocycles. The number of likely N-dealkylation sites (N-methyl/N-ethyl adjacent to an activating group) is 2. The number of hydrogen-bond acceptors (Lipinski definition) is 10. The van der Waals surface area contributed by atoms with Gasteiger partial charge in [0.2, 0.25) is 0 Å². The summed E-state index contributed by atoms with van der Waals surface area (Å²) in [5.74, 6) is -0.463. The predicted octanol–water partition coefficient (Wildman–Crippen LogP) is 2.30. The van der Waals surface area contributed by atoms with E-state index in [2.05, 4.69) is 58.6 Å². The minimum atomic E-state index is -5.15. The van der Waals surface area contributed by atoms with Crippen LogP contribution in [0.1, 0.15) is 84.0 Å². The van der Waals surface area contributed by atoms with Gasteiger partial charge in [-0.3, -0.25) is 10.1 Å². The van der Waals surface area contributed by atoms with E-state index in [-0.39, 0.29) is 26.2 Å². The van der Waals surface area contributed by atoms with Gasteiger partial charge in [0.05, 0.1) is 69.9 Å². The average molecular weight is 605 g/mol. The molecule has 0 amide bonds. The fourth-order valence-electron chi connectivity index (χ4n) is 3.08. The number of nitrogens with zero attached hydrogens (tertiary/aromatic N) is 2. The van der Waals surface area contributed by atoms with Crippen LogP contribution >= 0.6 is 7.82 Å². The number of aliphatic hydroxyl groups excluding tert-OH is 2. The molecule has 0 aliphatic rings. The van der Waals surface area contributed by atoms with Crippen LogP contribution in [0.25, 0.3) is 0 Å². The van der Waals surface area contributed by atoms with Crippen molar-refractivity contribution in [1.82, 2.24) is 0 Å². The summed E-state index contributed by atoms with van der Waals surface area (Å²) in [6.45, 7) is 3.36. The summed E-state index contributed by atoms with van der Waals surface area (Å²) in [6, 6.07) is 0. The SMILES string of the molecule is CCCCCCCCCCCCCC(=O)OCC(COP(=O)([O-])[O-])OO.C[N+](C)(C)CCO.C[N+](C)(C)CCO. The topological polar surface area (TPSA) is 169 Å². The largest absolute Gasteiger partial charge is 0.790 e. The predicted molar refractivity (Wildman–Crippen MR) is 153 cm³/mol. The molecule has 0 radical (unpaired) electrons. The number of quaternary nitrogens is 2. The Kier molecular flexibility index (Phi) is 29.8. The van der Waals surface area contributed by atoms with E-state index in [1.807, 2.05) is 0 Å². The summed E-state index contributed by atoms with van der Waals surface area (Å²) >= 11 is 0. The molecule has 0 spiro atoms. The Balaban J connectivity index is -0.000000795. The van der Waals surface area contributed by atoms with Gasteiger partial charge >= 0.3 is 5.97 Å². The second kappa shape index (κ2) is 27.2. The van der Waals surface area contributed by atoms with Gasteiger partial charge in [0, 0.05) is 6.42 Å². The highest BCUT2D eigenvalue weighted by molar-refractivity contribution is 7.43. The molecular weight excluding hydrogens is 543 g/mol. The molecule has 0 aromatic carbocycles. The number of ether oxygens (including phenoxy) is 1. The van der Waals surface area contributed by atoms with Gasteiger partial charge in [0.15, 0.2) is 6.10 Å². The van der Waals surface area contributed by atoms with Crippen LogP contribution < -0.4 is 9.79 Å². The number of rotatable bonds is 22. The van der Waals surface area contributed by atoms with Gasteiger partial charge in [-0.25, -0.2) is 4.89 Å². The summed E-state index contributed by atoms with van der Waals surface area (Å²) in [6.07, 6.45) is 12.0. The van der Waals surface area contributed by atoms with Gasteiger partial charge in [-0.15, -0.1) is 0 Å². The number of aliphatic hydroxyl groups is 2. The zero-order valence-corrected chi connectivity index (χ0v) is 27.2. The van der Waals surface area contributed by atoms with Gasteiger partial charge in [-0.2, -0.15) is 0 Å². The lowest BCUT2D eigenvalue weighted by atomic mass is 10.1. The van der Waals surface area contributed by atoms with Crippen LogP contribution in [0.4, 0.5) is 0 Å². The Morgan fingerprint density at radius 1 is 0.750 bits per heavy atom. The fourth-order valence-corrected chi connectivity index (χ4v) is 3.42. The minimum Gasteiger partial charge on any atom is -0.790 e. The molecule has 0 fully saturated rings. The first kappa shape index (κ1) is 43.8. The van der Waals surface area contributed by atoms with Crippen LogP contribution in [-0.4, -0.2) is 118 Å². The normalized spacial score (nSPS) is 12.6. The van der Waals surface area contributed by atoms with Gasteiger partial charge in [-0.05, 0) is 6.42 Å². The molecule has 0 saturated carbocycles. The lowest BCUT2D eigenvalue weighted by Crippen LogP contribution is -2.36. The first-order chi connectivity index (χ1) is 18.5. The lowest BCUT2D eigenvalue weighted by molar-refractivity contribution is -0.870. The third-order valence-electron chi connectivity index (χ3n) is 5.52. The molecule has 0 bridgehead atoms. The van der Waals surface area contributed by atoms with Crippen molar-refractivity contribution in [3.63, 3.8) is 0 Å². The smallest absolute Gasteiger partial charge is 0.305 e. The highest BCUT2D eigenvalue weighted by atomic mass is 31.2. The monoisotopic (exact) mass is 604 g/mol. The molecule has 244 valence electrons. The molecule has 1 atom stereocenters. The molecule has 0 rings (SSSR count). The Bertz CT molecular complexity index is 591. The second-order valence-corrected chi connectivity index (χ2v) is 13.1. The number of hydrogen-bond donors (Lipinski definition) is 3. The van der Waals surface area contributed by atoms with E-state index < -0.39 is 26.5 Å². The first-order valence-corrected chi connectivity index (χ1v) is 15.9. The van der Waals surface area contributed by atoms with Crippen LogP contribution in [0.3, 0.4) is 0 Å². The highest BCUT2D eigenvalue weighted by Gasteiger charge is 2.14. The quantitative estimate of drug-likeness (QED) is 0.0416. The molecule has 13 heteroatoms. The molecule has 1 unspecified atom stereocenters. The van der Waals surface area contributed by atoms with E-state index in [9.17, 15) is 19.1 Å². The summed E-state index contributed by atoms with van der Waals surface area (Å²) in [5, 5.41) is 25.3. The zero-order valence-electron chi connectivity index (χ0n) is 26.3. The van der Waals surface area contributed by atoms with Crippen molar-refractivity contribution in [3.8, 4) is 0 Å². The zero-order chi connectivity index (χ0) is 31.5. The van der Waals surface area contributed by atoms with Crippen LogP contribution in [0, 0.1) is 0 Å². The van der Waals surface area contributed by atoms with Gasteiger partial charge in [0.1, 0.15) is 19.7 Å². The Labute approximate surface area is 243 Å². The third-order valence-corrected chi connectivity index (χ3v) is 5.99. The first-order valence-electron chi connectivity index (χ1n) is 14.5. The van der Waals surface area contributed by atoms with E-state index >= 15 is 0 Å².